The van der Waals surface area contributed by atoms with Gasteiger partial charge in [-0.1, -0.05) is 0 Å². The zero-order chi connectivity index (χ0) is 15.4. The van der Waals surface area contributed by atoms with E-state index in [1.807, 2.05) is 0 Å². The Morgan fingerprint density at radius 3 is 2.86 bits per heavy atom. The van der Waals surface area contributed by atoms with Crippen LogP contribution in [0.15, 0.2) is 6.20 Å². The molecule has 1 atom stereocenters. The van der Waals surface area contributed by atoms with E-state index >= 15 is 0 Å². The third kappa shape index (κ3) is 3.82. The summed E-state index contributed by atoms with van der Waals surface area (Å²) in [4.78, 5) is 16.1. The number of hydrogen-bond donors (Lipinski definition) is 2. The fraction of sp³-hybridized carbons (Fsp3) is 0.786. The molecule has 122 valence electrons. The van der Waals surface area contributed by atoms with Crippen molar-refractivity contribution in [3.63, 3.8) is 0 Å². The first-order chi connectivity index (χ1) is 10.7. The monoisotopic (exact) mass is 309 g/mol. The number of rotatable bonds is 4. The molecule has 0 spiro atoms. The molecule has 1 aromatic heterocycles. The maximum Gasteiger partial charge on any atom is 0.309 e. The van der Waals surface area contributed by atoms with Crippen LogP contribution in [-0.4, -0.2) is 81.7 Å². The number of nitrogens with zero attached hydrogens (tertiary/aromatic N) is 4. The van der Waals surface area contributed by atoms with Crippen LogP contribution >= 0.6 is 0 Å². The average molecular weight is 309 g/mol. The number of ether oxygens (including phenoxy) is 1. The molecule has 2 aliphatic rings. The minimum absolute atomic E-state index is 0.364. The van der Waals surface area contributed by atoms with Crippen molar-refractivity contribution in [3.05, 3.63) is 11.9 Å². The SMILES string of the molecule is O=C(O)C1CN(Cc2cn[nH]n2)CCN(C2CCOCC2)C1. The molecule has 1 aromatic rings. The van der Waals surface area contributed by atoms with Crippen molar-refractivity contribution in [2.75, 3.05) is 39.4 Å². The minimum Gasteiger partial charge on any atom is -0.481 e. The van der Waals surface area contributed by atoms with Crippen molar-refractivity contribution >= 4 is 5.97 Å². The molecule has 8 heteroatoms. The highest BCUT2D eigenvalue weighted by Gasteiger charge is 2.31. The van der Waals surface area contributed by atoms with Gasteiger partial charge in [-0.2, -0.15) is 15.4 Å². The van der Waals surface area contributed by atoms with Crippen LogP contribution in [0.5, 0.6) is 0 Å². The first kappa shape index (κ1) is 15.4. The molecule has 0 bridgehead atoms. The van der Waals surface area contributed by atoms with Crippen LogP contribution in [0.25, 0.3) is 0 Å². The first-order valence-corrected chi connectivity index (χ1v) is 7.84. The second-order valence-corrected chi connectivity index (χ2v) is 6.07. The van der Waals surface area contributed by atoms with Gasteiger partial charge in [0.2, 0.25) is 0 Å². The van der Waals surface area contributed by atoms with Gasteiger partial charge in [0.05, 0.1) is 17.8 Å². The van der Waals surface area contributed by atoms with Gasteiger partial charge >= 0.3 is 5.97 Å². The van der Waals surface area contributed by atoms with Crippen LogP contribution in [0.2, 0.25) is 0 Å². The number of hydrogen-bond acceptors (Lipinski definition) is 6. The Morgan fingerprint density at radius 2 is 2.18 bits per heavy atom. The highest BCUT2D eigenvalue weighted by atomic mass is 16.5. The van der Waals surface area contributed by atoms with Gasteiger partial charge in [0.25, 0.3) is 0 Å². The lowest BCUT2D eigenvalue weighted by Gasteiger charge is -2.34. The van der Waals surface area contributed by atoms with E-state index in [1.54, 1.807) is 6.20 Å². The predicted octanol–water partition coefficient (Wildman–Crippen LogP) is -0.198. The summed E-state index contributed by atoms with van der Waals surface area (Å²) in [5.41, 5.74) is 0.851. The van der Waals surface area contributed by atoms with E-state index in [2.05, 4.69) is 25.2 Å². The Kier molecular flexibility index (Phi) is 5.01. The lowest BCUT2D eigenvalue weighted by atomic mass is 10.0. The molecule has 8 nitrogen and oxygen atoms in total. The smallest absolute Gasteiger partial charge is 0.309 e. The molecule has 2 fully saturated rings. The van der Waals surface area contributed by atoms with Crippen LogP contribution in [0.3, 0.4) is 0 Å². The van der Waals surface area contributed by atoms with E-state index in [4.69, 9.17) is 4.74 Å². The van der Waals surface area contributed by atoms with Crippen molar-refractivity contribution in [1.82, 2.24) is 25.2 Å². The van der Waals surface area contributed by atoms with E-state index < -0.39 is 5.97 Å². The number of carboxylic acids is 1. The van der Waals surface area contributed by atoms with Gasteiger partial charge in [0.15, 0.2) is 0 Å². The summed E-state index contributed by atoms with van der Waals surface area (Å²) in [6.07, 6.45) is 3.68. The van der Waals surface area contributed by atoms with Gasteiger partial charge in [0.1, 0.15) is 0 Å². The summed E-state index contributed by atoms with van der Waals surface area (Å²) < 4.78 is 5.42. The molecular weight excluding hydrogens is 286 g/mol. The minimum atomic E-state index is -0.718. The summed E-state index contributed by atoms with van der Waals surface area (Å²) in [6, 6.07) is 0.447. The number of nitrogens with one attached hydrogen (secondary N) is 1. The van der Waals surface area contributed by atoms with E-state index in [0.29, 0.717) is 25.7 Å². The summed E-state index contributed by atoms with van der Waals surface area (Å²) >= 11 is 0. The molecular formula is C14H23N5O3. The van der Waals surface area contributed by atoms with Crippen LogP contribution in [0.1, 0.15) is 18.5 Å². The van der Waals surface area contributed by atoms with Crippen molar-refractivity contribution in [3.8, 4) is 0 Å². The van der Waals surface area contributed by atoms with Gasteiger partial charge in [-0.3, -0.25) is 14.6 Å². The summed E-state index contributed by atoms with van der Waals surface area (Å²) in [5.74, 6) is -1.08. The van der Waals surface area contributed by atoms with E-state index in [-0.39, 0.29) is 5.92 Å². The van der Waals surface area contributed by atoms with Gasteiger partial charge in [-0.25, -0.2) is 0 Å². The summed E-state index contributed by atoms with van der Waals surface area (Å²) in [6.45, 7) is 5.13. The van der Waals surface area contributed by atoms with Crippen molar-refractivity contribution < 1.29 is 14.6 Å². The van der Waals surface area contributed by atoms with Crippen LogP contribution < -0.4 is 0 Å². The summed E-state index contributed by atoms with van der Waals surface area (Å²) in [5, 5.41) is 20.0. The van der Waals surface area contributed by atoms with Crippen LogP contribution in [-0.2, 0) is 16.1 Å². The molecule has 1 unspecified atom stereocenters. The molecule has 0 aliphatic carbocycles. The highest BCUT2D eigenvalue weighted by Crippen LogP contribution is 2.20. The Hall–Kier alpha value is -1.51. The molecule has 22 heavy (non-hydrogen) atoms. The maximum atomic E-state index is 11.6. The normalized spacial score (nSPS) is 25.9. The van der Waals surface area contributed by atoms with Crippen LogP contribution in [0.4, 0.5) is 0 Å². The zero-order valence-electron chi connectivity index (χ0n) is 12.6. The quantitative estimate of drug-likeness (QED) is 0.795. The topological polar surface area (TPSA) is 94.6 Å². The molecule has 3 rings (SSSR count). The second kappa shape index (κ2) is 7.17. The third-order valence-corrected chi connectivity index (χ3v) is 4.54. The number of aromatic nitrogens is 3. The molecule has 0 radical (unpaired) electrons. The van der Waals surface area contributed by atoms with Gasteiger partial charge in [0, 0.05) is 52.0 Å². The molecule has 3 heterocycles. The van der Waals surface area contributed by atoms with E-state index in [1.165, 1.54) is 0 Å². The van der Waals surface area contributed by atoms with Crippen molar-refractivity contribution in [2.24, 2.45) is 5.92 Å². The van der Waals surface area contributed by atoms with Gasteiger partial charge in [-0.05, 0) is 12.8 Å². The number of carboxylic acid groups (broad SMARTS) is 1. The van der Waals surface area contributed by atoms with E-state index in [0.717, 1.165) is 44.8 Å². The van der Waals surface area contributed by atoms with Gasteiger partial charge < -0.3 is 9.84 Å². The zero-order valence-corrected chi connectivity index (χ0v) is 12.6. The first-order valence-electron chi connectivity index (χ1n) is 7.84. The molecule has 2 saturated heterocycles. The number of H-pyrrole nitrogens is 1. The Morgan fingerprint density at radius 1 is 1.36 bits per heavy atom. The lowest BCUT2D eigenvalue weighted by molar-refractivity contribution is -0.142. The fourth-order valence-electron chi connectivity index (χ4n) is 3.32. The second-order valence-electron chi connectivity index (χ2n) is 6.07. The molecule has 2 aliphatic heterocycles. The van der Waals surface area contributed by atoms with Crippen LogP contribution in [0, 0.1) is 5.92 Å². The van der Waals surface area contributed by atoms with Crippen molar-refractivity contribution in [1.29, 1.82) is 0 Å². The van der Waals surface area contributed by atoms with Gasteiger partial charge in [-0.15, -0.1) is 0 Å². The average Bonchev–Trinajstić information content (AvgIpc) is 2.93. The molecule has 0 amide bonds. The third-order valence-electron chi connectivity index (χ3n) is 4.54. The number of carbonyl (C=O) groups is 1. The number of aromatic amines is 1. The summed E-state index contributed by atoms with van der Waals surface area (Å²) in [7, 11) is 0. The fourth-order valence-corrected chi connectivity index (χ4v) is 3.32. The highest BCUT2D eigenvalue weighted by molar-refractivity contribution is 5.70. The molecule has 0 saturated carbocycles. The molecule has 0 aromatic carbocycles. The van der Waals surface area contributed by atoms with E-state index in [9.17, 15) is 9.90 Å². The lowest BCUT2D eigenvalue weighted by Crippen LogP contribution is -2.43. The Labute approximate surface area is 129 Å². The predicted molar refractivity (Wildman–Crippen MR) is 78.2 cm³/mol. The molecule has 2 N–H and O–H groups in total. The largest absolute Gasteiger partial charge is 0.481 e. The maximum absolute atomic E-state index is 11.6. The van der Waals surface area contributed by atoms with Crippen molar-refractivity contribution in [2.45, 2.75) is 25.4 Å². The number of aliphatic carboxylic acids is 1. The Bertz CT molecular complexity index is 475. The Balaban J connectivity index is 1.65. The standard InChI is InChI=1S/C14H23N5O3/c20-14(21)11-8-18(10-12-7-15-17-16-12)3-4-19(9-11)13-1-5-22-6-2-13/h7,11,13H,1-6,8-10H2,(H,20,21)(H,15,16,17).